The van der Waals surface area contributed by atoms with Crippen LogP contribution in [-0.4, -0.2) is 0 Å². The second-order valence-corrected chi connectivity index (χ2v) is 3.94. The fraction of sp³-hybridized carbons (Fsp3) is 0.0714. The summed E-state index contributed by atoms with van der Waals surface area (Å²) in [6.45, 7) is 1.52. The Kier molecular flexibility index (Phi) is 3.43. The number of anilines is 2. The highest BCUT2D eigenvalue weighted by molar-refractivity contribution is 5.64. The van der Waals surface area contributed by atoms with E-state index in [1.54, 1.807) is 12.1 Å². The van der Waals surface area contributed by atoms with Crippen LogP contribution in [0.15, 0.2) is 30.3 Å². The number of halogens is 3. The van der Waals surface area contributed by atoms with E-state index in [1.807, 2.05) is 0 Å². The summed E-state index contributed by atoms with van der Waals surface area (Å²) in [7, 11) is 0. The summed E-state index contributed by atoms with van der Waals surface area (Å²) in [6.07, 6.45) is 0. The van der Waals surface area contributed by atoms with Gasteiger partial charge in [-0.3, -0.25) is 0 Å². The predicted octanol–water partition coefficient (Wildman–Crippen LogP) is 4.03. The molecule has 96 valence electrons. The molecule has 2 aromatic carbocycles. The van der Waals surface area contributed by atoms with Crippen molar-refractivity contribution in [3.05, 3.63) is 58.9 Å². The number of nitrogens with zero attached hydrogens (tertiary/aromatic N) is 1. The molecule has 0 aliphatic carbocycles. The quantitative estimate of drug-likeness (QED) is 0.887. The number of hydrogen-bond acceptors (Lipinski definition) is 2. The van der Waals surface area contributed by atoms with Crippen molar-refractivity contribution in [1.29, 1.82) is 5.26 Å². The summed E-state index contributed by atoms with van der Waals surface area (Å²) in [6, 6.07) is 8.23. The first-order valence-corrected chi connectivity index (χ1v) is 5.45. The Balaban J connectivity index is 2.43. The first-order valence-electron chi connectivity index (χ1n) is 5.45. The fourth-order valence-corrected chi connectivity index (χ4v) is 1.62. The lowest BCUT2D eigenvalue weighted by Gasteiger charge is -2.11. The summed E-state index contributed by atoms with van der Waals surface area (Å²) in [5.41, 5.74) is 0.110. The van der Waals surface area contributed by atoms with E-state index in [0.717, 1.165) is 6.07 Å². The van der Waals surface area contributed by atoms with Crippen LogP contribution in [0, 0.1) is 35.7 Å². The Morgan fingerprint density at radius 1 is 1.00 bits per heavy atom. The monoisotopic (exact) mass is 262 g/mol. The molecule has 0 unspecified atom stereocenters. The van der Waals surface area contributed by atoms with E-state index in [9.17, 15) is 13.2 Å². The average molecular weight is 262 g/mol. The van der Waals surface area contributed by atoms with Crippen molar-refractivity contribution >= 4 is 11.4 Å². The van der Waals surface area contributed by atoms with Crippen molar-refractivity contribution in [2.45, 2.75) is 6.92 Å². The van der Waals surface area contributed by atoms with Gasteiger partial charge >= 0.3 is 0 Å². The molecule has 0 radical (unpaired) electrons. The van der Waals surface area contributed by atoms with Crippen LogP contribution < -0.4 is 5.32 Å². The van der Waals surface area contributed by atoms with Gasteiger partial charge < -0.3 is 5.32 Å². The highest BCUT2D eigenvalue weighted by Gasteiger charge is 2.14. The van der Waals surface area contributed by atoms with Gasteiger partial charge in [0.25, 0.3) is 0 Å². The maximum atomic E-state index is 13.7. The molecule has 0 heterocycles. The number of rotatable bonds is 2. The molecule has 0 saturated carbocycles. The molecule has 5 heteroatoms. The highest BCUT2D eigenvalue weighted by Crippen LogP contribution is 2.26. The van der Waals surface area contributed by atoms with Crippen molar-refractivity contribution in [2.75, 3.05) is 5.32 Å². The minimum Gasteiger partial charge on any atom is -0.353 e. The van der Waals surface area contributed by atoms with Gasteiger partial charge in [0.1, 0.15) is 11.9 Å². The third kappa shape index (κ3) is 2.38. The van der Waals surface area contributed by atoms with Crippen LogP contribution in [0.1, 0.15) is 11.1 Å². The Morgan fingerprint density at radius 2 is 1.74 bits per heavy atom. The van der Waals surface area contributed by atoms with Gasteiger partial charge in [-0.2, -0.15) is 5.26 Å². The van der Waals surface area contributed by atoms with Gasteiger partial charge in [-0.05, 0) is 31.2 Å². The van der Waals surface area contributed by atoms with E-state index in [2.05, 4.69) is 5.32 Å². The molecule has 0 aromatic heterocycles. The maximum Gasteiger partial charge on any atom is 0.183 e. The van der Waals surface area contributed by atoms with Gasteiger partial charge in [0.05, 0.1) is 11.3 Å². The van der Waals surface area contributed by atoms with Gasteiger partial charge in [0.15, 0.2) is 11.6 Å². The van der Waals surface area contributed by atoms with Crippen LogP contribution in [-0.2, 0) is 0 Å². The van der Waals surface area contributed by atoms with E-state index < -0.39 is 17.5 Å². The van der Waals surface area contributed by atoms with Gasteiger partial charge in [0.2, 0.25) is 0 Å². The van der Waals surface area contributed by atoms with Gasteiger partial charge in [-0.25, -0.2) is 13.2 Å². The molecular weight excluding hydrogens is 253 g/mol. The zero-order chi connectivity index (χ0) is 14.0. The van der Waals surface area contributed by atoms with Crippen LogP contribution in [0.4, 0.5) is 24.5 Å². The van der Waals surface area contributed by atoms with E-state index >= 15 is 0 Å². The Hall–Kier alpha value is -2.48. The summed E-state index contributed by atoms with van der Waals surface area (Å²) in [5.74, 6) is -2.83. The van der Waals surface area contributed by atoms with E-state index in [1.165, 1.54) is 25.1 Å². The molecule has 1 N–H and O–H groups in total. The van der Waals surface area contributed by atoms with Gasteiger partial charge in [0, 0.05) is 11.3 Å². The molecule has 0 aliphatic heterocycles. The zero-order valence-corrected chi connectivity index (χ0v) is 9.97. The van der Waals surface area contributed by atoms with E-state index in [4.69, 9.17) is 5.26 Å². The lowest BCUT2D eigenvalue weighted by molar-refractivity contribution is 0.509. The van der Waals surface area contributed by atoms with E-state index in [0.29, 0.717) is 11.3 Å². The van der Waals surface area contributed by atoms with Crippen molar-refractivity contribution in [2.24, 2.45) is 0 Å². The summed E-state index contributed by atoms with van der Waals surface area (Å²) >= 11 is 0. The Labute approximate surface area is 108 Å². The lowest BCUT2D eigenvalue weighted by atomic mass is 10.1. The highest BCUT2D eigenvalue weighted by atomic mass is 19.2. The minimum absolute atomic E-state index is 0.148. The average Bonchev–Trinajstić information content (AvgIpc) is 2.40. The molecule has 0 amide bonds. The molecule has 0 atom stereocenters. The van der Waals surface area contributed by atoms with Gasteiger partial charge in [-0.15, -0.1) is 0 Å². The molecule has 0 spiro atoms. The summed E-state index contributed by atoms with van der Waals surface area (Å²) in [5, 5.41) is 11.2. The van der Waals surface area contributed by atoms with Crippen LogP contribution in [0.2, 0.25) is 0 Å². The van der Waals surface area contributed by atoms with Crippen LogP contribution in [0.3, 0.4) is 0 Å². The molecule has 2 aromatic rings. The first kappa shape index (κ1) is 13.0. The fourth-order valence-electron chi connectivity index (χ4n) is 1.62. The molecule has 2 nitrogen and oxygen atoms in total. The second-order valence-electron chi connectivity index (χ2n) is 3.94. The third-order valence-electron chi connectivity index (χ3n) is 2.74. The van der Waals surface area contributed by atoms with Crippen molar-refractivity contribution in [3.8, 4) is 6.07 Å². The molecule has 0 saturated heterocycles. The SMILES string of the molecule is Cc1c(F)cccc1Nc1ccc(C#N)c(F)c1F. The molecular formula is C14H9F3N2. The second kappa shape index (κ2) is 5.02. The Bertz CT molecular complexity index is 675. The normalized spacial score (nSPS) is 10.1. The summed E-state index contributed by atoms with van der Waals surface area (Å²) < 4.78 is 40.4. The maximum absolute atomic E-state index is 13.7. The topological polar surface area (TPSA) is 35.8 Å². The predicted molar refractivity (Wildman–Crippen MR) is 65.5 cm³/mol. The largest absolute Gasteiger partial charge is 0.353 e. The first-order chi connectivity index (χ1) is 9.04. The standard InChI is InChI=1S/C14H9F3N2/c1-8-10(15)3-2-4-11(8)19-12-6-5-9(7-18)13(16)14(12)17/h2-6,19H,1H3. The number of benzene rings is 2. The smallest absolute Gasteiger partial charge is 0.183 e. The lowest BCUT2D eigenvalue weighted by Crippen LogP contribution is -2.00. The minimum atomic E-state index is -1.22. The van der Waals surface area contributed by atoms with Gasteiger partial charge in [-0.1, -0.05) is 6.07 Å². The van der Waals surface area contributed by atoms with Crippen LogP contribution in [0.5, 0.6) is 0 Å². The molecule has 2 rings (SSSR count). The third-order valence-corrected chi connectivity index (χ3v) is 2.74. The summed E-state index contributed by atoms with van der Waals surface area (Å²) in [4.78, 5) is 0. The van der Waals surface area contributed by atoms with Crippen molar-refractivity contribution < 1.29 is 13.2 Å². The van der Waals surface area contributed by atoms with E-state index in [-0.39, 0.29) is 11.3 Å². The van der Waals surface area contributed by atoms with Crippen molar-refractivity contribution in [1.82, 2.24) is 0 Å². The molecule has 0 aliphatic rings. The van der Waals surface area contributed by atoms with Crippen molar-refractivity contribution in [3.63, 3.8) is 0 Å². The molecule has 0 bridgehead atoms. The number of nitriles is 1. The number of hydrogen-bond donors (Lipinski definition) is 1. The van der Waals surface area contributed by atoms with Crippen LogP contribution >= 0.6 is 0 Å². The number of nitrogens with one attached hydrogen (secondary N) is 1. The molecule has 0 fully saturated rings. The Morgan fingerprint density at radius 3 is 2.42 bits per heavy atom. The molecule has 19 heavy (non-hydrogen) atoms. The zero-order valence-electron chi connectivity index (χ0n) is 9.97. The van der Waals surface area contributed by atoms with Crippen LogP contribution in [0.25, 0.3) is 0 Å².